The number of nitrogens with zero attached hydrogens (tertiary/aromatic N) is 5. The Labute approximate surface area is 203 Å². The molecule has 0 unspecified atom stereocenters. The molecular formula is C25H25N5O4S. The molecule has 4 rings (SSSR count). The number of carboxylic acid groups (broad SMARTS) is 1. The van der Waals surface area contributed by atoms with E-state index >= 15 is 0 Å². The van der Waals surface area contributed by atoms with Crippen LogP contribution in [0.5, 0.6) is 0 Å². The van der Waals surface area contributed by atoms with Gasteiger partial charge < -0.3 is 9.67 Å². The van der Waals surface area contributed by atoms with Gasteiger partial charge in [-0.2, -0.15) is 4.31 Å². The molecule has 0 amide bonds. The molecule has 1 N–H and O–H groups in total. The molecule has 9 nitrogen and oxygen atoms in total. The average molecular weight is 492 g/mol. The van der Waals surface area contributed by atoms with E-state index in [0.717, 1.165) is 27.9 Å². The van der Waals surface area contributed by atoms with E-state index in [0.29, 0.717) is 6.42 Å². The first-order valence-electron chi connectivity index (χ1n) is 10.9. The molecule has 0 spiro atoms. The first-order valence-corrected chi connectivity index (χ1v) is 12.4. The van der Waals surface area contributed by atoms with E-state index in [2.05, 4.69) is 15.0 Å². The van der Waals surface area contributed by atoms with Crippen molar-refractivity contribution in [1.29, 1.82) is 0 Å². The molecule has 2 aromatic heterocycles. The molecule has 2 heterocycles. The molecule has 0 aliphatic heterocycles. The zero-order valence-corrected chi connectivity index (χ0v) is 20.0. The lowest BCUT2D eigenvalue weighted by molar-refractivity contribution is -0.136. The van der Waals surface area contributed by atoms with Crippen LogP contribution in [0.25, 0.3) is 11.3 Å². The summed E-state index contributed by atoms with van der Waals surface area (Å²) >= 11 is 0. The largest absolute Gasteiger partial charge is 0.481 e. The Morgan fingerprint density at radius 3 is 2.40 bits per heavy atom. The van der Waals surface area contributed by atoms with Gasteiger partial charge in [0, 0.05) is 50.7 Å². The van der Waals surface area contributed by atoms with Gasteiger partial charge in [-0.25, -0.2) is 13.4 Å². The third kappa shape index (κ3) is 6.17. The number of hydrogen-bond donors (Lipinski definition) is 1. The molecule has 0 aliphatic carbocycles. The molecule has 0 aliphatic rings. The smallest absolute Gasteiger partial charge is 0.303 e. The summed E-state index contributed by atoms with van der Waals surface area (Å²) in [5.74, 6) is -0.875. The van der Waals surface area contributed by atoms with Crippen molar-refractivity contribution < 1.29 is 18.3 Å². The maximum absolute atomic E-state index is 13.5. The van der Waals surface area contributed by atoms with Crippen LogP contribution in [0.1, 0.15) is 23.1 Å². The maximum atomic E-state index is 13.5. The van der Waals surface area contributed by atoms with E-state index in [-0.39, 0.29) is 24.5 Å². The quantitative estimate of drug-likeness (QED) is 0.362. The number of sulfonamides is 1. The van der Waals surface area contributed by atoms with Crippen LogP contribution >= 0.6 is 0 Å². The number of carbonyl (C=O) groups is 1. The number of imidazole rings is 1. The van der Waals surface area contributed by atoms with Crippen molar-refractivity contribution in [2.24, 2.45) is 7.05 Å². The summed E-state index contributed by atoms with van der Waals surface area (Å²) in [5, 5.41) is 8.95. The summed E-state index contributed by atoms with van der Waals surface area (Å²) in [4.78, 5) is 23.4. The highest BCUT2D eigenvalue weighted by atomic mass is 32.2. The van der Waals surface area contributed by atoms with Crippen molar-refractivity contribution in [1.82, 2.24) is 23.8 Å². The van der Waals surface area contributed by atoms with Crippen LogP contribution in [0.3, 0.4) is 0 Å². The molecule has 2 aromatic carbocycles. The van der Waals surface area contributed by atoms with Gasteiger partial charge in [0.25, 0.3) is 10.0 Å². The molecule has 4 aromatic rings. The minimum absolute atomic E-state index is 0.0115. The SMILES string of the molecule is Cn1cnc(S(=O)(=O)N(Cc2ccc(-c3cnccn3)cc2)Cc2cccc(CCC(=O)O)c2)c1. The van der Waals surface area contributed by atoms with Gasteiger partial charge in [0.05, 0.1) is 18.2 Å². The lowest BCUT2D eigenvalue weighted by atomic mass is 10.1. The average Bonchev–Trinajstić information content (AvgIpc) is 3.31. The highest BCUT2D eigenvalue weighted by Crippen LogP contribution is 2.23. The molecule has 0 saturated heterocycles. The van der Waals surface area contributed by atoms with Crippen molar-refractivity contribution >= 4 is 16.0 Å². The Bertz CT molecular complexity index is 1400. The van der Waals surface area contributed by atoms with Crippen LogP contribution in [-0.4, -0.2) is 43.3 Å². The fourth-order valence-corrected chi connectivity index (χ4v) is 5.03. The summed E-state index contributed by atoms with van der Waals surface area (Å²) < 4.78 is 30.0. The molecule has 35 heavy (non-hydrogen) atoms. The third-order valence-electron chi connectivity index (χ3n) is 5.44. The first-order chi connectivity index (χ1) is 16.8. The highest BCUT2D eigenvalue weighted by Gasteiger charge is 2.27. The van der Waals surface area contributed by atoms with Crippen LogP contribution in [-0.2, 0) is 41.4 Å². The Morgan fingerprint density at radius 2 is 1.74 bits per heavy atom. The number of benzene rings is 2. The minimum atomic E-state index is -3.89. The second kappa shape index (κ2) is 10.6. The highest BCUT2D eigenvalue weighted by molar-refractivity contribution is 7.89. The van der Waals surface area contributed by atoms with Crippen molar-refractivity contribution in [3.05, 3.63) is 96.3 Å². The molecular weight excluding hydrogens is 466 g/mol. The van der Waals surface area contributed by atoms with Gasteiger partial charge in [-0.05, 0) is 23.1 Å². The van der Waals surface area contributed by atoms with E-state index in [9.17, 15) is 13.2 Å². The fraction of sp³-hybridized carbons (Fsp3) is 0.200. The minimum Gasteiger partial charge on any atom is -0.481 e. The van der Waals surface area contributed by atoms with Crippen LogP contribution in [0.4, 0.5) is 0 Å². The Morgan fingerprint density at radius 1 is 1.00 bits per heavy atom. The third-order valence-corrected chi connectivity index (χ3v) is 7.11. The van der Waals surface area contributed by atoms with Crippen LogP contribution in [0.2, 0.25) is 0 Å². The predicted octanol–water partition coefficient (Wildman–Crippen LogP) is 3.29. The fourth-order valence-electron chi connectivity index (χ4n) is 3.65. The van der Waals surface area contributed by atoms with E-state index in [1.54, 1.807) is 30.2 Å². The zero-order valence-electron chi connectivity index (χ0n) is 19.2. The number of carboxylic acids is 1. The lowest BCUT2D eigenvalue weighted by Crippen LogP contribution is -2.30. The normalized spacial score (nSPS) is 11.6. The monoisotopic (exact) mass is 491 g/mol. The molecule has 0 fully saturated rings. The van der Waals surface area contributed by atoms with E-state index < -0.39 is 16.0 Å². The zero-order chi connectivity index (χ0) is 24.8. The summed E-state index contributed by atoms with van der Waals surface area (Å²) in [5.41, 5.74) is 4.03. The number of aryl methyl sites for hydroxylation is 2. The molecule has 0 atom stereocenters. The van der Waals surface area contributed by atoms with Gasteiger partial charge in [-0.15, -0.1) is 0 Å². The second-order valence-corrected chi connectivity index (χ2v) is 10.0. The van der Waals surface area contributed by atoms with E-state index in [4.69, 9.17) is 5.11 Å². The summed E-state index contributed by atoms with van der Waals surface area (Å²) in [7, 11) is -2.18. The summed E-state index contributed by atoms with van der Waals surface area (Å²) in [6.45, 7) is 0.255. The van der Waals surface area contributed by atoms with Crippen LogP contribution in [0, 0.1) is 0 Å². The predicted molar refractivity (Wildman–Crippen MR) is 130 cm³/mol. The summed E-state index contributed by atoms with van der Waals surface area (Å²) in [6, 6.07) is 14.9. The molecule has 10 heteroatoms. The Hall–Kier alpha value is -3.89. The second-order valence-electron chi connectivity index (χ2n) is 8.15. The number of aromatic nitrogens is 4. The van der Waals surface area contributed by atoms with Gasteiger partial charge >= 0.3 is 5.97 Å². The van der Waals surface area contributed by atoms with Crippen LogP contribution < -0.4 is 0 Å². The van der Waals surface area contributed by atoms with Crippen molar-refractivity contribution in [3.8, 4) is 11.3 Å². The van der Waals surface area contributed by atoms with Gasteiger partial charge in [0.15, 0.2) is 5.03 Å². The molecule has 180 valence electrons. The Balaban J connectivity index is 1.61. The lowest BCUT2D eigenvalue weighted by Gasteiger charge is -2.22. The van der Waals surface area contributed by atoms with E-state index in [1.165, 1.54) is 16.8 Å². The molecule has 0 radical (unpaired) electrons. The first kappa shape index (κ1) is 24.2. The topological polar surface area (TPSA) is 118 Å². The maximum Gasteiger partial charge on any atom is 0.303 e. The van der Waals surface area contributed by atoms with Gasteiger partial charge in [0.2, 0.25) is 0 Å². The standard InChI is InChI=1S/C25H25N5O4S/c1-29-17-24(28-18-29)35(33,34)30(16-21-4-2-3-19(13-21)7-10-25(31)32)15-20-5-8-22(9-6-20)23-14-26-11-12-27-23/h2-6,8-9,11-14,17-18H,7,10,15-16H2,1H3,(H,31,32). The number of aliphatic carboxylic acids is 1. The number of rotatable bonds is 10. The van der Waals surface area contributed by atoms with Crippen molar-refractivity contribution in [2.45, 2.75) is 31.0 Å². The molecule has 0 bridgehead atoms. The number of hydrogen-bond acceptors (Lipinski definition) is 6. The van der Waals surface area contributed by atoms with Gasteiger partial charge in [-0.3, -0.25) is 14.8 Å². The summed E-state index contributed by atoms with van der Waals surface area (Å²) in [6.07, 6.45) is 8.21. The van der Waals surface area contributed by atoms with Crippen molar-refractivity contribution in [3.63, 3.8) is 0 Å². The van der Waals surface area contributed by atoms with Gasteiger partial charge in [-0.1, -0.05) is 48.5 Å². The van der Waals surface area contributed by atoms with Crippen LogP contribution in [0.15, 0.2) is 84.7 Å². The Kier molecular flexibility index (Phi) is 7.33. The van der Waals surface area contributed by atoms with E-state index in [1.807, 2.05) is 48.5 Å². The van der Waals surface area contributed by atoms with Gasteiger partial charge in [0.1, 0.15) is 0 Å². The van der Waals surface area contributed by atoms with Crippen molar-refractivity contribution in [2.75, 3.05) is 0 Å². The molecule has 0 saturated carbocycles.